The molecule has 5 aromatic rings. The molecule has 13 heteroatoms. The first-order chi connectivity index (χ1) is 22.0. The average Bonchev–Trinajstić information content (AvgIpc) is 3.84. The van der Waals surface area contributed by atoms with Crippen LogP contribution in [0.3, 0.4) is 0 Å². The van der Waals surface area contributed by atoms with Crippen LogP contribution in [0.5, 0.6) is 11.5 Å². The Morgan fingerprint density at radius 1 is 0.622 bits per heavy atom. The third-order valence-corrected chi connectivity index (χ3v) is 9.25. The molecule has 0 N–H and O–H groups in total. The molecule has 0 aliphatic heterocycles. The first kappa shape index (κ1) is 32.5. The normalized spacial score (nSPS) is 11.1. The van der Waals surface area contributed by atoms with Gasteiger partial charge in [-0.15, -0.1) is 31.7 Å². The van der Waals surface area contributed by atoms with E-state index in [0.29, 0.717) is 33.7 Å². The molecule has 234 valence electrons. The van der Waals surface area contributed by atoms with Gasteiger partial charge >= 0.3 is 11.9 Å². The Labute approximate surface area is 273 Å². The van der Waals surface area contributed by atoms with Crippen molar-refractivity contribution in [1.29, 1.82) is 0 Å². The monoisotopic (exact) mass is 664 g/mol. The third kappa shape index (κ3) is 9.28. The summed E-state index contributed by atoms with van der Waals surface area (Å²) in [7, 11) is 0. The molecule has 0 saturated heterocycles. The van der Waals surface area contributed by atoms with Crippen LogP contribution in [0.1, 0.15) is 71.7 Å². The molecule has 3 aromatic heterocycles. The number of hydrogen-bond acceptors (Lipinski definition) is 13. The van der Waals surface area contributed by atoms with E-state index in [4.69, 9.17) is 18.3 Å². The highest BCUT2D eigenvalue weighted by molar-refractivity contribution is 7.99. The van der Waals surface area contributed by atoms with E-state index < -0.39 is 11.9 Å². The van der Waals surface area contributed by atoms with E-state index in [-0.39, 0.29) is 9.75 Å². The van der Waals surface area contributed by atoms with Gasteiger partial charge in [0.1, 0.15) is 21.3 Å². The second-order valence-corrected chi connectivity index (χ2v) is 13.0. The van der Waals surface area contributed by atoms with Gasteiger partial charge in [-0.05, 0) is 73.5 Å². The van der Waals surface area contributed by atoms with Crippen molar-refractivity contribution in [3.63, 3.8) is 0 Å². The van der Waals surface area contributed by atoms with Gasteiger partial charge in [0.15, 0.2) is 0 Å². The second kappa shape index (κ2) is 16.4. The van der Waals surface area contributed by atoms with E-state index in [2.05, 4.69) is 34.2 Å². The van der Waals surface area contributed by atoms with Crippen molar-refractivity contribution in [1.82, 2.24) is 20.4 Å². The fraction of sp³-hybridized carbons (Fsp3) is 0.312. The zero-order valence-electron chi connectivity index (χ0n) is 24.9. The number of nitrogens with zero attached hydrogens (tertiary/aromatic N) is 4. The molecule has 0 spiro atoms. The van der Waals surface area contributed by atoms with Gasteiger partial charge in [0.05, 0.1) is 0 Å². The fourth-order valence-electron chi connectivity index (χ4n) is 4.00. The van der Waals surface area contributed by atoms with Gasteiger partial charge in [-0.25, -0.2) is 9.59 Å². The summed E-state index contributed by atoms with van der Waals surface area (Å²) in [6.45, 7) is 4.33. The first-order valence-corrected chi connectivity index (χ1v) is 17.5. The summed E-state index contributed by atoms with van der Waals surface area (Å²) >= 11 is 4.08. The minimum atomic E-state index is -0.581. The summed E-state index contributed by atoms with van der Waals surface area (Å²) < 4.78 is 22.5. The summed E-state index contributed by atoms with van der Waals surface area (Å²) in [6.07, 6.45) is 6.86. The lowest BCUT2D eigenvalue weighted by atomic mass is 10.2. The number of benzene rings is 2. The molecule has 0 amide bonds. The van der Waals surface area contributed by atoms with Crippen LogP contribution in [-0.4, -0.2) is 43.8 Å². The van der Waals surface area contributed by atoms with Gasteiger partial charge in [0.25, 0.3) is 10.4 Å². The average molecular weight is 665 g/mol. The molecule has 0 aliphatic rings. The van der Waals surface area contributed by atoms with Crippen LogP contribution < -0.4 is 9.47 Å². The number of thiophene rings is 1. The van der Waals surface area contributed by atoms with Crippen molar-refractivity contribution >= 4 is 46.8 Å². The van der Waals surface area contributed by atoms with E-state index in [1.54, 1.807) is 72.1 Å². The minimum Gasteiger partial charge on any atom is -0.422 e. The molecule has 3 heterocycles. The van der Waals surface area contributed by atoms with Crippen molar-refractivity contribution < 1.29 is 27.9 Å². The lowest BCUT2D eigenvalue weighted by Crippen LogP contribution is -2.07. The molecule has 0 aliphatic carbocycles. The van der Waals surface area contributed by atoms with Crippen molar-refractivity contribution in [3.05, 3.63) is 70.4 Å². The number of ether oxygens (including phenoxy) is 2. The number of carbonyl (C=O) groups is 2. The summed E-state index contributed by atoms with van der Waals surface area (Å²) in [5, 5.41) is 17.5. The van der Waals surface area contributed by atoms with Gasteiger partial charge in [-0.1, -0.05) is 63.1 Å². The maximum absolute atomic E-state index is 12.7. The lowest BCUT2D eigenvalue weighted by Gasteiger charge is -2.04. The Morgan fingerprint density at radius 2 is 1.04 bits per heavy atom. The van der Waals surface area contributed by atoms with Crippen molar-refractivity contribution in [2.45, 2.75) is 62.8 Å². The molecule has 0 bridgehead atoms. The fourth-order valence-corrected chi connectivity index (χ4v) is 6.27. The standard InChI is InChI=1S/C32H32N4O6S3/c1-3-5-7-19-43-31-35-33-27(41-31)21-9-13-23(14-10-21)39-29(37)25-17-18-26(45-25)30(38)40-24-15-11-22(12-16-24)28-34-36-32(42-28)44-20-8-6-4-2/h9-18H,3-8,19-20H2,1-2H3. The Balaban J connectivity index is 1.11. The van der Waals surface area contributed by atoms with Gasteiger partial charge < -0.3 is 18.3 Å². The maximum Gasteiger partial charge on any atom is 0.353 e. The Morgan fingerprint density at radius 3 is 1.44 bits per heavy atom. The number of esters is 2. The zero-order valence-corrected chi connectivity index (χ0v) is 27.3. The Bertz CT molecular complexity index is 1560. The summed E-state index contributed by atoms with van der Waals surface area (Å²) in [4.78, 5) is 26.0. The molecule has 5 rings (SSSR count). The topological polar surface area (TPSA) is 130 Å². The first-order valence-electron chi connectivity index (χ1n) is 14.7. The molecule has 10 nitrogen and oxygen atoms in total. The summed E-state index contributed by atoms with van der Waals surface area (Å²) in [5.41, 5.74) is 1.44. The molecule has 0 radical (unpaired) electrons. The Hall–Kier alpha value is -3.94. The third-order valence-electron chi connectivity index (χ3n) is 6.39. The SMILES string of the molecule is CCCCCSc1nnc(-c2ccc(OC(=O)c3ccc(C(=O)Oc4ccc(-c5nnc(SCCCCC)o5)cc4)s3)cc2)o1. The highest BCUT2D eigenvalue weighted by atomic mass is 32.2. The van der Waals surface area contributed by atoms with E-state index >= 15 is 0 Å². The van der Waals surface area contributed by atoms with Crippen LogP contribution in [0.15, 0.2) is 79.9 Å². The number of unbranched alkanes of at least 4 members (excludes halogenated alkanes) is 4. The van der Waals surface area contributed by atoms with Crippen LogP contribution in [0.2, 0.25) is 0 Å². The zero-order chi connectivity index (χ0) is 31.4. The molecular weight excluding hydrogens is 633 g/mol. The van der Waals surface area contributed by atoms with Crippen molar-refractivity contribution in [2.24, 2.45) is 0 Å². The van der Waals surface area contributed by atoms with Gasteiger partial charge in [-0.2, -0.15) is 0 Å². The molecule has 0 saturated carbocycles. The number of rotatable bonds is 16. The van der Waals surface area contributed by atoms with Crippen LogP contribution in [-0.2, 0) is 0 Å². The Kier molecular flexibility index (Phi) is 11.8. The van der Waals surface area contributed by atoms with Gasteiger partial charge in [0.2, 0.25) is 11.8 Å². The largest absolute Gasteiger partial charge is 0.422 e. The molecule has 0 atom stereocenters. The molecule has 0 fully saturated rings. The highest BCUT2D eigenvalue weighted by Crippen LogP contribution is 2.28. The molecule has 2 aromatic carbocycles. The van der Waals surface area contributed by atoms with Crippen LogP contribution in [0, 0.1) is 0 Å². The minimum absolute atomic E-state index is 0.266. The van der Waals surface area contributed by atoms with Gasteiger partial charge in [0, 0.05) is 22.6 Å². The quantitative estimate of drug-likeness (QED) is 0.0432. The molecular formula is C32H32N4O6S3. The summed E-state index contributed by atoms with van der Waals surface area (Å²) in [6, 6.07) is 16.7. The van der Waals surface area contributed by atoms with E-state index in [1.165, 1.54) is 25.0 Å². The van der Waals surface area contributed by atoms with E-state index in [9.17, 15) is 9.59 Å². The van der Waals surface area contributed by atoms with Crippen LogP contribution >= 0.6 is 34.9 Å². The van der Waals surface area contributed by atoms with Crippen LogP contribution in [0.25, 0.3) is 22.9 Å². The second-order valence-electron chi connectivity index (χ2n) is 9.85. The van der Waals surface area contributed by atoms with E-state index in [1.807, 2.05) is 0 Å². The smallest absolute Gasteiger partial charge is 0.353 e. The highest BCUT2D eigenvalue weighted by Gasteiger charge is 2.18. The number of aromatic nitrogens is 4. The van der Waals surface area contributed by atoms with Gasteiger partial charge in [-0.3, -0.25) is 0 Å². The van der Waals surface area contributed by atoms with Crippen molar-refractivity contribution in [2.75, 3.05) is 11.5 Å². The molecule has 45 heavy (non-hydrogen) atoms. The number of carbonyl (C=O) groups excluding carboxylic acids is 2. The summed E-state index contributed by atoms with van der Waals surface area (Å²) in [5.74, 6) is 2.20. The van der Waals surface area contributed by atoms with Crippen LogP contribution in [0.4, 0.5) is 0 Å². The number of hydrogen-bond donors (Lipinski definition) is 0. The number of thioether (sulfide) groups is 2. The lowest BCUT2D eigenvalue weighted by molar-refractivity contribution is 0.0732. The maximum atomic E-state index is 12.7. The predicted octanol–water partition coefficient (Wildman–Crippen LogP) is 8.85. The predicted molar refractivity (Wildman–Crippen MR) is 174 cm³/mol. The van der Waals surface area contributed by atoms with Crippen molar-refractivity contribution in [3.8, 4) is 34.4 Å². The molecule has 0 unspecified atom stereocenters. The van der Waals surface area contributed by atoms with E-state index in [0.717, 1.165) is 59.7 Å².